The molecule has 0 amide bonds. The van der Waals surface area contributed by atoms with Crippen LogP contribution in [0.4, 0.5) is 0 Å². The van der Waals surface area contributed by atoms with Crippen LogP contribution >= 0.6 is 0 Å². The van der Waals surface area contributed by atoms with Crippen LogP contribution in [0.5, 0.6) is 0 Å². The van der Waals surface area contributed by atoms with Crippen LogP contribution in [0.1, 0.15) is 26.3 Å². The molecule has 0 saturated carbocycles. The van der Waals surface area contributed by atoms with Crippen LogP contribution in [0.3, 0.4) is 0 Å². The lowest BCUT2D eigenvalue weighted by molar-refractivity contribution is -0.159. The summed E-state index contributed by atoms with van der Waals surface area (Å²) in [4.78, 5) is 12.2. The maximum absolute atomic E-state index is 12.2. The first-order chi connectivity index (χ1) is 10.3. The summed E-state index contributed by atoms with van der Waals surface area (Å²) in [5.41, 5.74) is 0.360. The fourth-order valence-corrected chi connectivity index (χ4v) is 1.84. The molecule has 3 N–H and O–H groups in total. The van der Waals surface area contributed by atoms with Gasteiger partial charge in [0.05, 0.1) is 12.7 Å². The molecular weight excluding hydrogens is 282 g/mol. The second kappa shape index (κ2) is 8.68. The number of esters is 1. The van der Waals surface area contributed by atoms with Crippen LogP contribution in [-0.2, 0) is 16.1 Å². The highest BCUT2D eigenvalue weighted by Crippen LogP contribution is 2.11. The molecule has 0 aliphatic carbocycles. The Morgan fingerprint density at radius 2 is 1.95 bits per heavy atom. The number of rotatable bonds is 7. The maximum atomic E-state index is 12.2. The molecule has 0 aliphatic rings. The van der Waals surface area contributed by atoms with Gasteiger partial charge in [-0.05, 0) is 26.3 Å². The number of benzene rings is 1. The molecule has 0 fully saturated rings. The van der Waals surface area contributed by atoms with Gasteiger partial charge in [-0.25, -0.2) is 0 Å². The van der Waals surface area contributed by atoms with Gasteiger partial charge >= 0.3 is 5.97 Å². The molecule has 0 spiro atoms. The van der Waals surface area contributed by atoms with Crippen molar-refractivity contribution in [3.05, 3.63) is 48.0 Å². The average Bonchev–Trinajstić information content (AvgIpc) is 2.44. The molecule has 5 heteroatoms. The summed E-state index contributed by atoms with van der Waals surface area (Å²) in [5.74, 6) is -0.529. The lowest BCUT2D eigenvalue weighted by atomic mass is 10.1. The molecule has 0 aliphatic heterocycles. The number of ether oxygens (including phenoxy) is 1. The van der Waals surface area contributed by atoms with Gasteiger partial charge in [-0.15, -0.1) is 0 Å². The van der Waals surface area contributed by atoms with Gasteiger partial charge in [0.2, 0.25) is 0 Å². The average molecular weight is 307 g/mol. The molecule has 0 radical (unpaired) electrons. The van der Waals surface area contributed by atoms with E-state index in [0.717, 1.165) is 5.56 Å². The third-order valence-corrected chi connectivity index (χ3v) is 2.81. The lowest BCUT2D eigenvalue weighted by Crippen LogP contribution is -2.48. The minimum atomic E-state index is -1.08. The van der Waals surface area contributed by atoms with E-state index in [1.54, 1.807) is 20.8 Å². The number of carbonyl (C=O) groups is 1. The summed E-state index contributed by atoms with van der Waals surface area (Å²) in [6.07, 6.45) is 1.70. The highest BCUT2D eigenvalue weighted by Gasteiger charge is 2.29. The van der Waals surface area contributed by atoms with E-state index in [1.165, 1.54) is 12.2 Å². The molecule has 2 atom stereocenters. The summed E-state index contributed by atoms with van der Waals surface area (Å²) < 4.78 is 5.33. The molecule has 0 unspecified atom stereocenters. The van der Waals surface area contributed by atoms with Crippen molar-refractivity contribution in [3.8, 4) is 0 Å². The zero-order valence-electron chi connectivity index (χ0n) is 13.3. The smallest absolute Gasteiger partial charge is 0.326 e. The Bertz CT molecular complexity index is 479. The summed E-state index contributed by atoms with van der Waals surface area (Å²) in [6.45, 7) is 5.55. The van der Waals surface area contributed by atoms with Gasteiger partial charge < -0.3 is 14.9 Å². The number of carbonyl (C=O) groups excluding carboxylic acids is 1. The lowest BCUT2D eigenvalue weighted by Gasteiger charge is -2.26. The quantitative estimate of drug-likeness (QED) is 0.524. The predicted molar refractivity (Wildman–Crippen MR) is 85.1 cm³/mol. The van der Waals surface area contributed by atoms with E-state index in [0.29, 0.717) is 6.54 Å². The van der Waals surface area contributed by atoms with Gasteiger partial charge in [0.25, 0.3) is 0 Å². The van der Waals surface area contributed by atoms with E-state index >= 15 is 0 Å². The van der Waals surface area contributed by atoms with Gasteiger partial charge in [0.1, 0.15) is 11.6 Å². The Labute approximate surface area is 131 Å². The number of nitrogens with one attached hydrogen (secondary N) is 1. The van der Waals surface area contributed by atoms with Crippen molar-refractivity contribution >= 4 is 5.97 Å². The fourth-order valence-electron chi connectivity index (χ4n) is 1.84. The van der Waals surface area contributed by atoms with Crippen molar-refractivity contribution in [3.63, 3.8) is 0 Å². The molecule has 0 saturated heterocycles. The van der Waals surface area contributed by atoms with Crippen molar-refractivity contribution in [2.24, 2.45) is 0 Å². The van der Waals surface area contributed by atoms with E-state index in [4.69, 9.17) is 9.84 Å². The van der Waals surface area contributed by atoms with E-state index in [2.05, 4.69) is 5.32 Å². The summed E-state index contributed by atoms with van der Waals surface area (Å²) in [7, 11) is 0. The van der Waals surface area contributed by atoms with Crippen molar-refractivity contribution in [2.75, 3.05) is 6.61 Å². The molecule has 5 nitrogen and oxygen atoms in total. The fraction of sp³-hybridized carbons (Fsp3) is 0.471. The van der Waals surface area contributed by atoms with Crippen LogP contribution in [0.2, 0.25) is 0 Å². The van der Waals surface area contributed by atoms with E-state index < -0.39 is 23.7 Å². The Kier molecular flexibility index (Phi) is 7.24. The van der Waals surface area contributed by atoms with Gasteiger partial charge in [-0.2, -0.15) is 0 Å². The van der Waals surface area contributed by atoms with E-state index in [1.807, 2.05) is 30.3 Å². The monoisotopic (exact) mass is 307 g/mol. The number of hydrogen-bond acceptors (Lipinski definition) is 5. The molecule has 0 heterocycles. The Hall–Kier alpha value is -1.69. The maximum Gasteiger partial charge on any atom is 0.326 e. The zero-order chi connectivity index (χ0) is 16.6. The third-order valence-electron chi connectivity index (χ3n) is 2.81. The number of aliphatic hydroxyl groups is 2. The standard InChI is InChI=1S/C17H25NO4/c1-17(2,3)22-16(21)15(14(20)10-7-11-19)18-12-13-8-5-4-6-9-13/h4-10,14-15,18-20H,11-12H2,1-3H3/b10-7+/t14-,15+/m1/s1. The Morgan fingerprint density at radius 3 is 2.50 bits per heavy atom. The van der Waals surface area contributed by atoms with Gasteiger partial charge in [-0.3, -0.25) is 10.1 Å². The van der Waals surface area contributed by atoms with Gasteiger partial charge in [-0.1, -0.05) is 42.5 Å². The molecular formula is C17H25NO4. The van der Waals surface area contributed by atoms with Crippen LogP contribution in [0.15, 0.2) is 42.5 Å². The highest BCUT2D eigenvalue weighted by molar-refractivity contribution is 5.77. The van der Waals surface area contributed by atoms with Crippen molar-refractivity contribution in [1.29, 1.82) is 0 Å². The molecule has 122 valence electrons. The SMILES string of the molecule is CC(C)(C)OC(=O)[C@@H](NCc1ccccc1)[C@H](O)/C=C/CO. The third kappa shape index (κ3) is 6.85. The van der Waals surface area contributed by atoms with Crippen LogP contribution in [0.25, 0.3) is 0 Å². The van der Waals surface area contributed by atoms with Crippen molar-refractivity contribution in [1.82, 2.24) is 5.32 Å². The largest absolute Gasteiger partial charge is 0.459 e. The van der Waals surface area contributed by atoms with Crippen molar-refractivity contribution < 1.29 is 19.7 Å². The number of aliphatic hydroxyl groups excluding tert-OH is 2. The Balaban J connectivity index is 2.77. The van der Waals surface area contributed by atoms with Crippen LogP contribution in [-0.4, -0.2) is 40.5 Å². The number of hydrogen-bond donors (Lipinski definition) is 3. The molecule has 0 aromatic heterocycles. The second-order valence-electron chi connectivity index (χ2n) is 5.98. The summed E-state index contributed by atoms with van der Waals surface area (Å²) in [5, 5.41) is 21.9. The normalized spacial score (nSPS) is 14.8. The molecule has 1 aromatic carbocycles. The minimum absolute atomic E-state index is 0.198. The Morgan fingerprint density at radius 1 is 1.32 bits per heavy atom. The van der Waals surface area contributed by atoms with Gasteiger partial charge in [0.15, 0.2) is 0 Å². The van der Waals surface area contributed by atoms with Crippen LogP contribution < -0.4 is 5.32 Å². The van der Waals surface area contributed by atoms with Crippen LogP contribution in [0, 0.1) is 0 Å². The predicted octanol–water partition coefficient (Wildman–Crippen LogP) is 1.40. The molecule has 0 bridgehead atoms. The second-order valence-corrected chi connectivity index (χ2v) is 5.98. The highest BCUT2D eigenvalue weighted by atomic mass is 16.6. The van der Waals surface area contributed by atoms with E-state index in [9.17, 15) is 9.90 Å². The molecule has 1 rings (SSSR count). The first-order valence-corrected chi connectivity index (χ1v) is 7.29. The van der Waals surface area contributed by atoms with E-state index in [-0.39, 0.29) is 6.61 Å². The summed E-state index contributed by atoms with van der Waals surface area (Å²) >= 11 is 0. The first-order valence-electron chi connectivity index (χ1n) is 7.29. The molecule has 1 aromatic rings. The topological polar surface area (TPSA) is 78.8 Å². The molecule has 22 heavy (non-hydrogen) atoms. The van der Waals surface area contributed by atoms with Crippen molar-refractivity contribution in [2.45, 2.75) is 45.1 Å². The van der Waals surface area contributed by atoms with Gasteiger partial charge in [0, 0.05) is 6.54 Å². The summed E-state index contributed by atoms with van der Waals surface area (Å²) in [6, 6.07) is 8.67. The minimum Gasteiger partial charge on any atom is -0.459 e. The first kappa shape index (κ1) is 18.4. The zero-order valence-corrected chi connectivity index (χ0v) is 13.3.